The number of nitro groups is 1. The minimum Gasteiger partial charge on any atom is -0.406 e. The number of halogens is 3. The van der Waals surface area contributed by atoms with Crippen molar-refractivity contribution in [2.45, 2.75) is 12.9 Å². The molecule has 8 nitrogen and oxygen atoms in total. The van der Waals surface area contributed by atoms with Gasteiger partial charge in [-0.05, 0) is 17.7 Å². The Balaban J connectivity index is 1.72. The lowest BCUT2D eigenvalue weighted by molar-refractivity contribution is -0.384. The Kier molecular flexibility index (Phi) is 5.72. The van der Waals surface area contributed by atoms with E-state index in [4.69, 9.17) is 0 Å². The van der Waals surface area contributed by atoms with Gasteiger partial charge in [0.25, 0.3) is 11.6 Å². The first-order chi connectivity index (χ1) is 14.1. The van der Waals surface area contributed by atoms with Crippen molar-refractivity contribution in [3.63, 3.8) is 0 Å². The van der Waals surface area contributed by atoms with Crippen molar-refractivity contribution in [3.8, 4) is 17.1 Å². The standard InChI is InChI=1S/C19H15F3N4O4/c1-25(11-12-4-2-7-15(8-12)30-19(20,21)22)18(27)16-10-23-17(24-16)13-5-3-6-14(9-13)26(28)29/h2-10H,11H2,1H3,(H,23,24). The quantitative estimate of drug-likeness (QED) is 0.477. The summed E-state index contributed by atoms with van der Waals surface area (Å²) in [4.78, 5) is 31.2. The van der Waals surface area contributed by atoms with Gasteiger partial charge in [-0.25, -0.2) is 4.98 Å². The van der Waals surface area contributed by atoms with Crippen molar-refractivity contribution in [1.82, 2.24) is 14.9 Å². The molecular formula is C19H15F3N4O4. The Bertz CT molecular complexity index is 1080. The van der Waals surface area contributed by atoms with Crippen molar-refractivity contribution in [2.75, 3.05) is 7.05 Å². The number of H-pyrrole nitrogens is 1. The molecule has 0 spiro atoms. The lowest BCUT2D eigenvalue weighted by Crippen LogP contribution is -2.26. The van der Waals surface area contributed by atoms with E-state index in [0.717, 1.165) is 0 Å². The fraction of sp³-hybridized carbons (Fsp3) is 0.158. The first-order valence-corrected chi connectivity index (χ1v) is 8.52. The molecule has 0 saturated carbocycles. The summed E-state index contributed by atoms with van der Waals surface area (Å²) in [6.07, 6.45) is -3.52. The first-order valence-electron chi connectivity index (χ1n) is 8.52. The third-order valence-electron chi connectivity index (χ3n) is 4.04. The van der Waals surface area contributed by atoms with Crippen LogP contribution in [0.25, 0.3) is 11.4 Å². The van der Waals surface area contributed by atoms with Crippen molar-refractivity contribution < 1.29 is 27.6 Å². The summed E-state index contributed by atoms with van der Waals surface area (Å²) in [6, 6.07) is 11.1. The van der Waals surface area contributed by atoms with E-state index in [-0.39, 0.29) is 29.5 Å². The smallest absolute Gasteiger partial charge is 0.406 e. The van der Waals surface area contributed by atoms with Crippen LogP contribution in [0.2, 0.25) is 0 Å². The van der Waals surface area contributed by atoms with Crippen LogP contribution in [0, 0.1) is 10.1 Å². The molecule has 0 aliphatic rings. The molecule has 1 amide bonds. The Morgan fingerprint density at radius 3 is 2.67 bits per heavy atom. The highest BCUT2D eigenvalue weighted by molar-refractivity contribution is 5.92. The van der Waals surface area contributed by atoms with E-state index >= 15 is 0 Å². The number of carbonyl (C=O) groups is 1. The summed E-state index contributed by atoms with van der Waals surface area (Å²) in [7, 11) is 1.48. The second-order valence-corrected chi connectivity index (χ2v) is 6.31. The summed E-state index contributed by atoms with van der Waals surface area (Å²) >= 11 is 0. The number of aromatic nitrogens is 2. The zero-order valence-electron chi connectivity index (χ0n) is 15.5. The number of hydrogen-bond acceptors (Lipinski definition) is 5. The number of non-ortho nitro benzene ring substituents is 1. The molecule has 0 unspecified atom stereocenters. The molecule has 1 N–H and O–H groups in total. The number of nitrogens with one attached hydrogen (secondary N) is 1. The van der Waals surface area contributed by atoms with E-state index in [9.17, 15) is 28.1 Å². The second kappa shape index (κ2) is 8.23. The van der Waals surface area contributed by atoms with Gasteiger partial charge >= 0.3 is 6.36 Å². The van der Waals surface area contributed by atoms with Crippen LogP contribution in [0.3, 0.4) is 0 Å². The fourth-order valence-electron chi connectivity index (χ4n) is 2.74. The Hall–Kier alpha value is -3.89. The molecule has 2 aromatic carbocycles. The molecule has 3 rings (SSSR count). The van der Waals surface area contributed by atoms with Crippen molar-refractivity contribution in [2.24, 2.45) is 0 Å². The largest absolute Gasteiger partial charge is 0.573 e. The van der Waals surface area contributed by atoms with Crippen LogP contribution in [0.15, 0.2) is 54.7 Å². The molecular weight excluding hydrogens is 405 g/mol. The molecule has 0 radical (unpaired) electrons. The predicted octanol–water partition coefficient (Wildman–Crippen LogP) is 4.16. The van der Waals surface area contributed by atoms with Gasteiger partial charge in [-0.2, -0.15) is 0 Å². The highest BCUT2D eigenvalue weighted by atomic mass is 19.4. The van der Waals surface area contributed by atoms with Gasteiger partial charge in [0.05, 0.1) is 11.1 Å². The normalized spacial score (nSPS) is 11.2. The van der Waals surface area contributed by atoms with Crippen LogP contribution < -0.4 is 4.74 Å². The summed E-state index contributed by atoms with van der Waals surface area (Å²) in [5.41, 5.74) is 0.880. The van der Waals surface area contributed by atoms with E-state index in [2.05, 4.69) is 14.7 Å². The average Bonchev–Trinajstić information content (AvgIpc) is 3.16. The Morgan fingerprint density at radius 1 is 1.23 bits per heavy atom. The number of ether oxygens (including phenoxy) is 1. The fourth-order valence-corrected chi connectivity index (χ4v) is 2.74. The number of amides is 1. The first kappa shape index (κ1) is 20.8. The van der Waals surface area contributed by atoms with Crippen molar-refractivity contribution >= 4 is 11.6 Å². The molecule has 1 aromatic heterocycles. The third-order valence-corrected chi connectivity index (χ3v) is 4.04. The van der Waals surface area contributed by atoms with Gasteiger partial charge in [-0.15, -0.1) is 13.2 Å². The van der Waals surface area contributed by atoms with Gasteiger partial charge in [0.1, 0.15) is 17.3 Å². The zero-order valence-corrected chi connectivity index (χ0v) is 15.5. The van der Waals surface area contributed by atoms with Crippen LogP contribution >= 0.6 is 0 Å². The molecule has 30 heavy (non-hydrogen) atoms. The van der Waals surface area contributed by atoms with Crippen molar-refractivity contribution in [1.29, 1.82) is 0 Å². The summed E-state index contributed by atoms with van der Waals surface area (Å²) in [5, 5.41) is 10.9. The number of nitro benzene ring substituents is 1. The molecule has 0 saturated heterocycles. The summed E-state index contributed by atoms with van der Waals surface area (Å²) < 4.78 is 41.0. The second-order valence-electron chi connectivity index (χ2n) is 6.31. The third kappa shape index (κ3) is 5.13. The molecule has 0 aliphatic carbocycles. The molecule has 0 atom stereocenters. The maximum absolute atomic E-state index is 12.6. The number of imidazole rings is 1. The molecule has 156 valence electrons. The van der Waals surface area contributed by atoms with Crippen LogP contribution in [0.4, 0.5) is 18.9 Å². The monoisotopic (exact) mass is 420 g/mol. The van der Waals surface area contributed by atoms with E-state index in [1.807, 2.05) is 0 Å². The van der Waals surface area contributed by atoms with Gasteiger partial charge in [-0.1, -0.05) is 24.3 Å². The van der Waals surface area contributed by atoms with Crippen molar-refractivity contribution in [3.05, 3.63) is 76.1 Å². The molecule has 11 heteroatoms. The number of hydrogen-bond donors (Lipinski definition) is 1. The van der Waals surface area contributed by atoms with E-state index in [1.54, 1.807) is 12.1 Å². The van der Waals surface area contributed by atoms with Crippen LogP contribution in [0.5, 0.6) is 5.75 Å². The summed E-state index contributed by atoms with van der Waals surface area (Å²) in [6.45, 7) is 0.0268. The zero-order chi connectivity index (χ0) is 21.9. The Labute approximate surface area is 168 Å². The number of aromatic amines is 1. The van der Waals surface area contributed by atoms with Crippen LogP contribution in [-0.4, -0.2) is 39.1 Å². The maximum atomic E-state index is 12.6. The van der Waals surface area contributed by atoms with Crippen LogP contribution in [0.1, 0.15) is 16.1 Å². The van der Waals surface area contributed by atoms with E-state index < -0.39 is 17.2 Å². The molecule has 0 bridgehead atoms. The molecule has 1 heterocycles. The predicted molar refractivity (Wildman–Crippen MR) is 99.6 cm³/mol. The number of alkyl halides is 3. The lowest BCUT2D eigenvalue weighted by Gasteiger charge is -2.17. The minimum atomic E-state index is -4.81. The number of carbonyl (C=O) groups excluding carboxylic acids is 1. The SMILES string of the molecule is CN(Cc1cccc(OC(F)(F)F)c1)C(=O)c1cnc(-c2cccc([N+](=O)[O-])c2)[nH]1. The van der Waals surface area contributed by atoms with Gasteiger partial charge < -0.3 is 14.6 Å². The van der Waals surface area contributed by atoms with E-state index in [1.165, 1.54) is 54.5 Å². The molecule has 0 fully saturated rings. The minimum absolute atomic E-state index is 0.0268. The molecule has 3 aromatic rings. The highest BCUT2D eigenvalue weighted by Gasteiger charge is 2.31. The number of benzene rings is 2. The average molecular weight is 420 g/mol. The maximum Gasteiger partial charge on any atom is 0.573 e. The number of rotatable bonds is 6. The lowest BCUT2D eigenvalue weighted by atomic mass is 10.2. The summed E-state index contributed by atoms with van der Waals surface area (Å²) in [5.74, 6) is -0.562. The van der Waals surface area contributed by atoms with Gasteiger partial charge in [0.15, 0.2) is 0 Å². The Morgan fingerprint density at radius 2 is 1.97 bits per heavy atom. The van der Waals surface area contributed by atoms with Gasteiger partial charge in [-0.3, -0.25) is 14.9 Å². The van der Waals surface area contributed by atoms with Gasteiger partial charge in [0, 0.05) is 31.3 Å². The van der Waals surface area contributed by atoms with E-state index in [0.29, 0.717) is 11.1 Å². The topological polar surface area (TPSA) is 101 Å². The van der Waals surface area contributed by atoms with Crippen LogP contribution in [-0.2, 0) is 6.54 Å². The number of nitrogens with zero attached hydrogens (tertiary/aromatic N) is 3. The van der Waals surface area contributed by atoms with Gasteiger partial charge in [0.2, 0.25) is 0 Å². The molecule has 0 aliphatic heterocycles. The highest BCUT2D eigenvalue weighted by Crippen LogP contribution is 2.24.